The topological polar surface area (TPSA) is 69.6 Å². The summed E-state index contributed by atoms with van der Waals surface area (Å²) in [7, 11) is 0. The average molecular weight is 465 g/mol. The van der Waals surface area contributed by atoms with Crippen molar-refractivity contribution in [1.29, 1.82) is 0 Å². The predicted molar refractivity (Wildman–Crippen MR) is 135 cm³/mol. The summed E-state index contributed by atoms with van der Waals surface area (Å²) in [6.07, 6.45) is 5.18. The Morgan fingerprint density at radius 3 is 2.41 bits per heavy atom. The number of ether oxygens (including phenoxy) is 2. The molecule has 3 aromatic rings. The van der Waals surface area contributed by atoms with Gasteiger partial charge in [-0.05, 0) is 44.4 Å². The average Bonchev–Trinajstić information content (AvgIpc) is 3.14. The smallest absolute Gasteiger partial charge is 0.408 e. The predicted octanol–water partition coefficient (Wildman–Crippen LogP) is 6.01. The van der Waals surface area contributed by atoms with E-state index in [4.69, 9.17) is 9.47 Å². The van der Waals surface area contributed by atoms with Crippen LogP contribution in [-0.4, -0.2) is 28.3 Å². The molecule has 6 heteroatoms. The summed E-state index contributed by atoms with van der Waals surface area (Å²) in [6, 6.07) is 16.8. The quantitative estimate of drug-likeness (QED) is 0.295. The van der Waals surface area contributed by atoms with Gasteiger partial charge >= 0.3 is 12.1 Å². The number of amides is 1. The van der Waals surface area contributed by atoms with Gasteiger partial charge in [-0.2, -0.15) is 0 Å². The highest BCUT2D eigenvalue weighted by Crippen LogP contribution is 2.24. The third kappa shape index (κ3) is 7.37. The number of aryl methyl sites for hydroxylation is 1. The van der Waals surface area contributed by atoms with Gasteiger partial charge < -0.3 is 19.4 Å². The Balaban J connectivity index is 1.81. The number of carbonyl (C=O) groups excluding carboxylic acids is 2. The van der Waals surface area contributed by atoms with Crippen LogP contribution in [0.1, 0.15) is 58.1 Å². The second-order valence-corrected chi connectivity index (χ2v) is 9.57. The molecule has 0 aliphatic rings. The van der Waals surface area contributed by atoms with Gasteiger partial charge in [0, 0.05) is 30.1 Å². The molecule has 2 aromatic carbocycles. The molecule has 0 aliphatic heterocycles. The summed E-state index contributed by atoms with van der Waals surface area (Å²) < 4.78 is 13.2. The third-order valence-corrected chi connectivity index (χ3v) is 5.50. The Hall–Kier alpha value is -3.28. The number of hydrogen-bond acceptors (Lipinski definition) is 4. The van der Waals surface area contributed by atoms with Gasteiger partial charge in [0.05, 0.1) is 0 Å². The minimum Gasteiger partial charge on any atom is -0.459 e. The summed E-state index contributed by atoms with van der Waals surface area (Å²) in [5, 5.41) is 3.81. The molecule has 0 spiro atoms. The molecule has 0 fully saturated rings. The van der Waals surface area contributed by atoms with Gasteiger partial charge in [0.25, 0.3) is 0 Å². The lowest BCUT2D eigenvalue weighted by atomic mass is 10.1. The lowest BCUT2D eigenvalue weighted by Crippen LogP contribution is -2.45. The van der Waals surface area contributed by atoms with E-state index in [1.165, 1.54) is 0 Å². The number of fused-ring (bicyclic) bond motifs is 1. The maximum atomic E-state index is 13.1. The molecule has 0 bridgehead atoms. The van der Waals surface area contributed by atoms with Crippen molar-refractivity contribution >= 4 is 23.0 Å². The van der Waals surface area contributed by atoms with Crippen LogP contribution in [0.25, 0.3) is 10.9 Å². The molecule has 182 valence electrons. The minimum atomic E-state index is -0.867. The van der Waals surface area contributed by atoms with Crippen LogP contribution in [0.5, 0.6) is 0 Å². The van der Waals surface area contributed by atoms with Crippen LogP contribution in [0.2, 0.25) is 0 Å². The van der Waals surface area contributed by atoms with Crippen molar-refractivity contribution in [3.05, 3.63) is 71.9 Å². The van der Waals surface area contributed by atoms with Crippen molar-refractivity contribution in [3.8, 4) is 0 Å². The van der Waals surface area contributed by atoms with Crippen LogP contribution in [0.3, 0.4) is 0 Å². The van der Waals surface area contributed by atoms with Crippen LogP contribution in [0.4, 0.5) is 4.79 Å². The van der Waals surface area contributed by atoms with Crippen molar-refractivity contribution in [3.63, 3.8) is 0 Å². The van der Waals surface area contributed by atoms with Crippen molar-refractivity contribution in [2.75, 3.05) is 0 Å². The van der Waals surface area contributed by atoms with Crippen LogP contribution in [0, 0.1) is 0 Å². The molecule has 34 heavy (non-hydrogen) atoms. The van der Waals surface area contributed by atoms with Gasteiger partial charge in [-0.15, -0.1) is 0 Å². The van der Waals surface area contributed by atoms with Gasteiger partial charge in [0.1, 0.15) is 18.2 Å². The highest BCUT2D eigenvalue weighted by molar-refractivity contribution is 5.86. The molecule has 1 N–H and O–H groups in total. The summed E-state index contributed by atoms with van der Waals surface area (Å²) >= 11 is 0. The van der Waals surface area contributed by atoms with E-state index >= 15 is 0 Å². The van der Waals surface area contributed by atoms with E-state index < -0.39 is 23.7 Å². The van der Waals surface area contributed by atoms with Crippen molar-refractivity contribution in [1.82, 2.24) is 9.88 Å². The largest absolute Gasteiger partial charge is 0.459 e. The molecule has 1 heterocycles. The van der Waals surface area contributed by atoms with Crippen molar-refractivity contribution in [2.24, 2.45) is 0 Å². The molecule has 0 unspecified atom stereocenters. The number of nitrogens with one attached hydrogen (secondary N) is 1. The fraction of sp³-hybridized carbons (Fsp3) is 0.429. The number of benzene rings is 2. The molecule has 3 rings (SSSR count). The van der Waals surface area contributed by atoms with Gasteiger partial charge in [-0.3, -0.25) is 0 Å². The van der Waals surface area contributed by atoms with Crippen molar-refractivity contribution in [2.45, 2.75) is 78.2 Å². The van der Waals surface area contributed by atoms with Crippen LogP contribution < -0.4 is 5.32 Å². The number of nitrogens with zero attached hydrogens (tertiary/aromatic N) is 1. The number of aromatic nitrogens is 1. The Labute approximate surface area is 202 Å². The fourth-order valence-electron chi connectivity index (χ4n) is 3.89. The molecular weight excluding hydrogens is 428 g/mol. The van der Waals surface area contributed by atoms with Crippen LogP contribution >= 0.6 is 0 Å². The zero-order valence-corrected chi connectivity index (χ0v) is 20.7. The lowest BCUT2D eigenvalue weighted by molar-refractivity contribution is -0.147. The SMILES string of the molecule is CCCCCn1cc(C[C@H](NC(=O)OC(C)(C)C)C(=O)OCc2ccccc2)c2ccccc21. The minimum absolute atomic E-state index is 0.144. The van der Waals surface area contributed by atoms with Crippen molar-refractivity contribution < 1.29 is 19.1 Å². The van der Waals surface area contributed by atoms with E-state index in [0.29, 0.717) is 6.42 Å². The Bertz CT molecular complexity index is 1080. The number of esters is 1. The second kappa shape index (κ2) is 11.7. The van der Waals surface area contributed by atoms with Crippen LogP contribution in [-0.2, 0) is 33.8 Å². The third-order valence-electron chi connectivity index (χ3n) is 5.50. The molecule has 0 saturated heterocycles. The second-order valence-electron chi connectivity index (χ2n) is 9.57. The first-order valence-electron chi connectivity index (χ1n) is 12.0. The number of alkyl carbamates (subject to hydrolysis) is 1. The van der Waals surface area contributed by atoms with E-state index in [1.807, 2.05) is 42.5 Å². The first-order valence-corrected chi connectivity index (χ1v) is 12.0. The van der Waals surface area contributed by atoms with E-state index in [-0.39, 0.29) is 6.61 Å². The van der Waals surface area contributed by atoms with E-state index in [0.717, 1.165) is 47.8 Å². The van der Waals surface area contributed by atoms with Gasteiger partial charge in [0.15, 0.2) is 0 Å². The number of carbonyl (C=O) groups is 2. The van der Waals surface area contributed by atoms with Gasteiger partial charge in [-0.25, -0.2) is 9.59 Å². The summed E-state index contributed by atoms with van der Waals surface area (Å²) in [6.45, 7) is 8.62. The summed E-state index contributed by atoms with van der Waals surface area (Å²) in [4.78, 5) is 25.6. The number of hydrogen-bond donors (Lipinski definition) is 1. The zero-order chi connectivity index (χ0) is 24.6. The normalized spacial score (nSPS) is 12.4. The highest BCUT2D eigenvalue weighted by Gasteiger charge is 2.27. The summed E-state index contributed by atoms with van der Waals surface area (Å²) in [5.74, 6) is -0.488. The molecule has 6 nitrogen and oxygen atoms in total. The van der Waals surface area contributed by atoms with Crippen LogP contribution in [0.15, 0.2) is 60.8 Å². The molecule has 1 amide bonds. The standard InChI is InChI=1S/C28H36N2O4/c1-5-6-12-17-30-19-22(23-15-10-11-16-25(23)30)18-24(29-27(32)34-28(2,3)4)26(31)33-20-21-13-8-7-9-14-21/h7-11,13-16,19,24H,5-6,12,17-18,20H2,1-4H3,(H,29,32)/t24-/m0/s1. The zero-order valence-electron chi connectivity index (χ0n) is 20.7. The van der Waals surface area contributed by atoms with E-state index in [2.05, 4.69) is 35.1 Å². The van der Waals surface area contributed by atoms with E-state index in [9.17, 15) is 9.59 Å². The number of para-hydroxylation sites is 1. The maximum Gasteiger partial charge on any atom is 0.408 e. The first kappa shape index (κ1) is 25.3. The summed E-state index contributed by atoms with van der Waals surface area (Å²) in [5.41, 5.74) is 2.34. The molecule has 1 aromatic heterocycles. The van der Waals surface area contributed by atoms with E-state index in [1.54, 1.807) is 20.8 Å². The Morgan fingerprint density at radius 1 is 1.00 bits per heavy atom. The first-order chi connectivity index (χ1) is 16.3. The molecule has 0 saturated carbocycles. The Kier molecular flexibility index (Phi) is 8.74. The monoisotopic (exact) mass is 464 g/mol. The Morgan fingerprint density at radius 2 is 1.71 bits per heavy atom. The fourth-order valence-corrected chi connectivity index (χ4v) is 3.89. The number of unbranched alkanes of at least 4 members (excludes halogenated alkanes) is 2. The molecule has 0 aliphatic carbocycles. The van der Waals surface area contributed by atoms with Gasteiger partial charge in [0.2, 0.25) is 0 Å². The number of rotatable bonds is 10. The highest BCUT2D eigenvalue weighted by atomic mass is 16.6. The molecule has 0 radical (unpaired) electrons. The van der Waals surface area contributed by atoms with Gasteiger partial charge in [-0.1, -0.05) is 68.3 Å². The lowest BCUT2D eigenvalue weighted by Gasteiger charge is -2.23. The molecule has 1 atom stereocenters. The molecular formula is C28H36N2O4. The maximum absolute atomic E-state index is 13.1.